The van der Waals surface area contributed by atoms with Gasteiger partial charge in [-0.1, -0.05) is 81.8 Å². The lowest BCUT2D eigenvalue weighted by Crippen LogP contribution is -2.18. The molecule has 188 valence electrons. The van der Waals surface area contributed by atoms with E-state index in [0.717, 1.165) is 39.4 Å². The maximum absolute atomic E-state index is 12.8. The fourth-order valence-electron chi connectivity index (χ4n) is 4.49. The number of benzene rings is 3. The molecule has 0 heterocycles. The molecule has 6 heteroatoms. The number of ether oxygens (including phenoxy) is 2. The Morgan fingerprint density at radius 3 is 1.83 bits per heavy atom. The minimum atomic E-state index is -4.73. The molecule has 0 amide bonds. The molecule has 0 bridgehead atoms. The summed E-state index contributed by atoms with van der Waals surface area (Å²) >= 11 is 6.48. The average molecular weight is 505 g/mol. The topological polar surface area (TPSA) is 18.5 Å². The van der Waals surface area contributed by atoms with Gasteiger partial charge in [-0.25, -0.2) is 0 Å². The maximum atomic E-state index is 12.8. The summed E-state index contributed by atoms with van der Waals surface area (Å²) in [6.45, 7) is 8.29. The van der Waals surface area contributed by atoms with E-state index in [-0.39, 0.29) is 17.6 Å². The highest BCUT2D eigenvalue weighted by Gasteiger charge is 2.32. The number of methoxy groups -OCH3 is 1. The smallest absolute Gasteiger partial charge is 0.496 e. The first-order valence-corrected chi connectivity index (χ1v) is 12.2. The Morgan fingerprint density at radius 2 is 1.29 bits per heavy atom. The lowest BCUT2D eigenvalue weighted by atomic mass is 9.89. The number of halogens is 4. The van der Waals surface area contributed by atoms with Crippen LogP contribution in [0.25, 0.3) is 0 Å². The van der Waals surface area contributed by atoms with Gasteiger partial charge in [0, 0.05) is 5.02 Å². The molecular formula is C29H32ClF3O2. The van der Waals surface area contributed by atoms with Crippen LogP contribution < -0.4 is 9.47 Å². The largest absolute Gasteiger partial charge is 0.573 e. The van der Waals surface area contributed by atoms with Crippen molar-refractivity contribution in [3.05, 3.63) is 93.5 Å². The van der Waals surface area contributed by atoms with Crippen LogP contribution in [0.1, 0.15) is 73.3 Å². The number of para-hydroxylation sites is 1. The normalized spacial score (nSPS) is 13.5. The number of hydrogen-bond donors (Lipinski definition) is 0. The number of rotatable bonds is 9. The second-order valence-corrected chi connectivity index (χ2v) is 9.79. The standard InChI is InChI=1S/C29H32ClF3O2/c1-18(2)23-12-10-21(16-26(23)30)14-20(4)25-13-11-22(17-28(25)34-5)15-19(3)24-8-6-7-9-27(24)35-29(31,32)33/h6-13,16-20H,14-15H2,1-5H3. The van der Waals surface area contributed by atoms with Crippen molar-refractivity contribution < 1.29 is 22.6 Å². The summed E-state index contributed by atoms with van der Waals surface area (Å²) in [5.74, 6) is 0.996. The summed E-state index contributed by atoms with van der Waals surface area (Å²) in [6.07, 6.45) is -3.36. The van der Waals surface area contributed by atoms with E-state index in [1.807, 2.05) is 31.2 Å². The van der Waals surface area contributed by atoms with Gasteiger partial charge in [-0.2, -0.15) is 0 Å². The van der Waals surface area contributed by atoms with E-state index in [0.29, 0.717) is 17.9 Å². The third kappa shape index (κ3) is 7.17. The fourth-order valence-corrected chi connectivity index (χ4v) is 4.91. The molecule has 0 N–H and O–H groups in total. The van der Waals surface area contributed by atoms with Crippen molar-refractivity contribution in [3.63, 3.8) is 0 Å². The van der Waals surface area contributed by atoms with Crippen LogP contribution in [0.3, 0.4) is 0 Å². The minimum Gasteiger partial charge on any atom is -0.496 e. The molecule has 0 aliphatic heterocycles. The quantitative estimate of drug-likeness (QED) is 0.289. The predicted octanol–water partition coefficient (Wildman–Crippen LogP) is 9.06. The van der Waals surface area contributed by atoms with Crippen LogP contribution >= 0.6 is 11.6 Å². The van der Waals surface area contributed by atoms with Crippen LogP contribution in [0.2, 0.25) is 5.02 Å². The Bertz CT molecular complexity index is 1140. The highest BCUT2D eigenvalue weighted by Crippen LogP contribution is 2.36. The van der Waals surface area contributed by atoms with Crippen molar-refractivity contribution in [1.29, 1.82) is 0 Å². The summed E-state index contributed by atoms with van der Waals surface area (Å²) in [4.78, 5) is 0. The van der Waals surface area contributed by atoms with Crippen molar-refractivity contribution >= 4 is 11.6 Å². The lowest BCUT2D eigenvalue weighted by Gasteiger charge is -2.20. The molecule has 3 aromatic rings. The van der Waals surface area contributed by atoms with E-state index in [1.54, 1.807) is 25.3 Å². The summed E-state index contributed by atoms with van der Waals surface area (Å²) in [5, 5.41) is 0.788. The molecule has 0 saturated carbocycles. The molecule has 3 aromatic carbocycles. The Hall–Kier alpha value is -2.66. The highest BCUT2D eigenvalue weighted by atomic mass is 35.5. The van der Waals surface area contributed by atoms with Gasteiger partial charge in [0.05, 0.1) is 7.11 Å². The third-order valence-corrected chi connectivity index (χ3v) is 6.60. The van der Waals surface area contributed by atoms with Gasteiger partial charge >= 0.3 is 6.36 Å². The zero-order valence-electron chi connectivity index (χ0n) is 20.7. The zero-order chi connectivity index (χ0) is 25.8. The Kier molecular flexibility index (Phi) is 8.76. The van der Waals surface area contributed by atoms with E-state index in [1.165, 1.54) is 6.07 Å². The van der Waals surface area contributed by atoms with Crippen LogP contribution in [0.5, 0.6) is 11.5 Å². The Labute approximate surface area is 211 Å². The average Bonchev–Trinajstić information content (AvgIpc) is 2.78. The summed E-state index contributed by atoms with van der Waals surface area (Å²) < 4.78 is 48.4. The molecule has 0 spiro atoms. The molecule has 0 aromatic heterocycles. The van der Waals surface area contributed by atoms with E-state index in [4.69, 9.17) is 16.3 Å². The summed E-state index contributed by atoms with van der Waals surface area (Å²) in [6, 6.07) is 18.6. The lowest BCUT2D eigenvalue weighted by molar-refractivity contribution is -0.274. The number of hydrogen-bond acceptors (Lipinski definition) is 2. The fraction of sp³-hybridized carbons (Fsp3) is 0.379. The molecule has 0 saturated heterocycles. The summed E-state index contributed by atoms with van der Waals surface area (Å²) in [7, 11) is 1.64. The first-order valence-electron chi connectivity index (χ1n) is 11.8. The van der Waals surface area contributed by atoms with Crippen molar-refractivity contribution in [2.24, 2.45) is 0 Å². The van der Waals surface area contributed by atoms with Gasteiger partial charge in [0.25, 0.3) is 0 Å². The van der Waals surface area contributed by atoms with Gasteiger partial charge in [-0.3, -0.25) is 0 Å². The van der Waals surface area contributed by atoms with Crippen molar-refractivity contribution in [2.45, 2.75) is 64.7 Å². The van der Waals surface area contributed by atoms with Crippen LogP contribution in [0.15, 0.2) is 60.7 Å². The van der Waals surface area contributed by atoms with E-state index < -0.39 is 6.36 Å². The van der Waals surface area contributed by atoms with Crippen molar-refractivity contribution in [1.82, 2.24) is 0 Å². The Morgan fingerprint density at radius 1 is 0.743 bits per heavy atom. The van der Waals surface area contributed by atoms with Gasteiger partial charge in [-0.15, -0.1) is 13.2 Å². The van der Waals surface area contributed by atoms with Gasteiger partial charge in [0.1, 0.15) is 11.5 Å². The van der Waals surface area contributed by atoms with Gasteiger partial charge in [-0.05, 0) is 76.6 Å². The van der Waals surface area contributed by atoms with Crippen molar-refractivity contribution in [2.75, 3.05) is 7.11 Å². The second kappa shape index (κ2) is 11.4. The molecule has 0 radical (unpaired) electrons. The van der Waals surface area contributed by atoms with Crippen LogP contribution in [0.4, 0.5) is 13.2 Å². The number of alkyl halides is 3. The first-order chi connectivity index (χ1) is 16.5. The molecular weight excluding hydrogens is 473 g/mol. The summed E-state index contributed by atoms with van der Waals surface area (Å²) in [5.41, 5.74) is 4.88. The van der Waals surface area contributed by atoms with E-state index >= 15 is 0 Å². The predicted molar refractivity (Wildman–Crippen MR) is 136 cm³/mol. The molecule has 0 aliphatic carbocycles. The van der Waals surface area contributed by atoms with Crippen molar-refractivity contribution in [3.8, 4) is 11.5 Å². The molecule has 0 fully saturated rings. The van der Waals surface area contributed by atoms with Crippen LogP contribution in [-0.2, 0) is 12.8 Å². The molecule has 35 heavy (non-hydrogen) atoms. The van der Waals surface area contributed by atoms with E-state index in [9.17, 15) is 13.2 Å². The SMILES string of the molecule is COc1cc(CC(C)c2ccccc2OC(F)(F)F)ccc1C(C)Cc1ccc(C(C)C)c(Cl)c1. The van der Waals surface area contributed by atoms with Gasteiger partial charge in [0.15, 0.2) is 0 Å². The second-order valence-electron chi connectivity index (χ2n) is 9.38. The van der Waals surface area contributed by atoms with Crippen LogP contribution in [0, 0.1) is 0 Å². The molecule has 3 rings (SSSR count). The highest BCUT2D eigenvalue weighted by molar-refractivity contribution is 6.31. The maximum Gasteiger partial charge on any atom is 0.573 e. The molecule has 2 atom stereocenters. The van der Waals surface area contributed by atoms with Gasteiger partial charge < -0.3 is 9.47 Å². The van der Waals surface area contributed by atoms with Gasteiger partial charge in [0.2, 0.25) is 0 Å². The van der Waals surface area contributed by atoms with Crippen LogP contribution in [-0.4, -0.2) is 13.5 Å². The molecule has 0 aliphatic rings. The van der Waals surface area contributed by atoms with E-state index in [2.05, 4.69) is 37.6 Å². The monoisotopic (exact) mass is 504 g/mol. The molecule has 2 unspecified atom stereocenters. The Balaban J connectivity index is 1.77. The zero-order valence-corrected chi connectivity index (χ0v) is 21.5. The third-order valence-electron chi connectivity index (χ3n) is 6.28. The molecule has 2 nitrogen and oxygen atoms in total. The minimum absolute atomic E-state index is 0.160. The first kappa shape index (κ1) is 26.9.